The molecule has 0 aliphatic heterocycles. The smallest absolute Gasteiger partial charge is 0.176 e. The standard InChI is InChI=1S/C14H21N5O2/c1-15-11(9-14-16-18-19(2)17-14)7-10-5-6-12(20-3)13(8-10)21-4/h5-6,8,11,15H,7,9H2,1-4H3. The molecular weight excluding hydrogens is 270 g/mol. The van der Waals surface area contributed by atoms with E-state index in [1.54, 1.807) is 21.3 Å². The third-order valence-electron chi connectivity index (χ3n) is 3.32. The van der Waals surface area contributed by atoms with Gasteiger partial charge in [0.2, 0.25) is 0 Å². The molecule has 0 aliphatic rings. The van der Waals surface area contributed by atoms with Crippen LogP contribution in [0.1, 0.15) is 11.4 Å². The lowest BCUT2D eigenvalue weighted by atomic mass is 10.0. The zero-order valence-corrected chi connectivity index (χ0v) is 12.8. The highest BCUT2D eigenvalue weighted by atomic mass is 16.5. The molecule has 7 nitrogen and oxygen atoms in total. The van der Waals surface area contributed by atoms with Gasteiger partial charge in [0.05, 0.1) is 21.3 Å². The van der Waals surface area contributed by atoms with E-state index in [0.29, 0.717) is 0 Å². The minimum atomic E-state index is 0.229. The van der Waals surface area contributed by atoms with Crippen LogP contribution in [0, 0.1) is 0 Å². The predicted octanol–water partition coefficient (Wildman–Crippen LogP) is 0.600. The van der Waals surface area contributed by atoms with Gasteiger partial charge in [0, 0.05) is 12.5 Å². The number of hydrogen-bond donors (Lipinski definition) is 1. The fraction of sp³-hybridized carbons (Fsp3) is 0.500. The maximum atomic E-state index is 5.33. The SMILES string of the molecule is CNC(Cc1ccc(OC)c(OC)c1)Cc1nnn(C)n1. The zero-order valence-electron chi connectivity index (χ0n) is 12.8. The van der Waals surface area contributed by atoms with Gasteiger partial charge >= 0.3 is 0 Å². The van der Waals surface area contributed by atoms with Crippen LogP contribution in [0.5, 0.6) is 11.5 Å². The van der Waals surface area contributed by atoms with E-state index in [2.05, 4.69) is 20.7 Å². The molecular formula is C14H21N5O2. The number of methoxy groups -OCH3 is 2. The van der Waals surface area contributed by atoms with Gasteiger partial charge in [-0.25, -0.2) is 0 Å². The summed E-state index contributed by atoms with van der Waals surface area (Å²) in [7, 11) is 6.97. The maximum absolute atomic E-state index is 5.33. The lowest BCUT2D eigenvalue weighted by Crippen LogP contribution is -2.30. The van der Waals surface area contributed by atoms with Crippen molar-refractivity contribution in [3.8, 4) is 11.5 Å². The topological polar surface area (TPSA) is 74.1 Å². The van der Waals surface area contributed by atoms with E-state index in [1.807, 2.05) is 25.2 Å². The molecule has 2 rings (SSSR count). The molecule has 21 heavy (non-hydrogen) atoms. The van der Waals surface area contributed by atoms with Crippen molar-refractivity contribution in [1.82, 2.24) is 25.5 Å². The van der Waals surface area contributed by atoms with E-state index in [4.69, 9.17) is 9.47 Å². The highest BCUT2D eigenvalue weighted by molar-refractivity contribution is 5.43. The molecule has 0 amide bonds. The lowest BCUT2D eigenvalue weighted by molar-refractivity contribution is 0.354. The first-order chi connectivity index (χ1) is 10.2. The second-order valence-electron chi connectivity index (χ2n) is 4.78. The number of nitrogens with one attached hydrogen (secondary N) is 1. The second kappa shape index (κ2) is 7.03. The molecule has 1 aromatic heterocycles. The average Bonchev–Trinajstić information content (AvgIpc) is 2.91. The third-order valence-corrected chi connectivity index (χ3v) is 3.32. The Morgan fingerprint density at radius 2 is 1.95 bits per heavy atom. The van der Waals surface area contributed by atoms with Gasteiger partial charge in [-0.1, -0.05) is 6.07 Å². The number of benzene rings is 1. The molecule has 1 aromatic carbocycles. The Morgan fingerprint density at radius 3 is 2.52 bits per heavy atom. The number of aryl methyl sites for hydroxylation is 1. The summed E-state index contributed by atoms with van der Waals surface area (Å²) in [5.74, 6) is 2.21. The van der Waals surface area contributed by atoms with Crippen LogP contribution in [-0.4, -0.2) is 47.5 Å². The van der Waals surface area contributed by atoms with E-state index in [9.17, 15) is 0 Å². The van der Waals surface area contributed by atoms with Crippen molar-refractivity contribution in [2.45, 2.75) is 18.9 Å². The Labute approximate surface area is 124 Å². The fourth-order valence-corrected chi connectivity index (χ4v) is 2.19. The summed E-state index contributed by atoms with van der Waals surface area (Å²) >= 11 is 0. The van der Waals surface area contributed by atoms with E-state index < -0.39 is 0 Å². The quantitative estimate of drug-likeness (QED) is 0.805. The van der Waals surface area contributed by atoms with Crippen LogP contribution in [-0.2, 0) is 19.9 Å². The van der Waals surface area contributed by atoms with Gasteiger partial charge in [-0.2, -0.15) is 4.80 Å². The molecule has 0 saturated heterocycles. The molecule has 1 N–H and O–H groups in total. The van der Waals surface area contributed by atoms with Crippen molar-refractivity contribution >= 4 is 0 Å². The minimum absolute atomic E-state index is 0.229. The zero-order chi connectivity index (χ0) is 15.2. The summed E-state index contributed by atoms with van der Waals surface area (Å²) < 4.78 is 10.6. The van der Waals surface area contributed by atoms with Crippen molar-refractivity contribution in [3.63, 3.8) is 0 Å². The van der Waals surface area contributed by atoms with Crippen LogP contribution < -0.4 is 14.8 Å². The Morgan fingerprint density at radius 1 is 1.19 bits per heavy atom. The second-order valence-corrected chi connectivity index (χ2v) is 4.78. The highest BCUT2D eigenvalue weighted by Gasteiger charge is 2.13. The Kier molecular flexibility index (Phi) is 5.10. The van der Waals surface area contributed by atoms with Crippen molar-refractivity contribution in [3.05, 3.63) is 29.6 Å². The number of aromatic nitrogens is 4. The molecule has 0 bridgehead atoms. The number of nitrogens with zero attached hydrogens (tertiary/aromatic N) is 4. The number of hydrogen-bond acceptors (Lipinski definition) is 6. The molecule has 0 aliphatic carbocycles. The van der Waals surface area contributed by atoms with Gasteiger partial charge < -0.3 is 14.8 Å². The summed E-state index contributed by atoms with van der Waals surface area (Å²) in [6.07, 6.45) is 1.56. The van der Waals surface area contributed by atoms with Crippen LogP contribution in [0.4, 0.5) is 0 Å². The molecule has 1 atom stereocenters. The molecule has 2 aromatic rings. The molecule has 1 heterocycles. The predicted molar refractivity (Wildman–Crippen MR) is 78.6 cm³/mol. The van der Waals surface area contributed by atoms with Gasteiger partial charge in [0.15, 0.2) is 17.3 Å². The normalized spacial score (nSPS) is 12.2. The molecule has 0 fully saturated rings. The van der Waals surface area contributed by atoms with Crippen molar-refractivity contribution < 1.29 is 9.47 Å². The van der Waals surface area contributed by atoms with Crippen molar-refractivity contribution in [2.75, 3.05) is 21.3 Å². The van der Waals surface area contributed by atoms with E-state index >= 15 is 0 Å². The maximum Gasteiger partial charge on any atom is 0.176 e. The first-order valence-electron chi connectivity index (χ1n) is 6.77. The van der Waals surface area contributed by atoms with E-state index in [-0.39, 0.29) is 6.04 Å². The number of rotatable bonds is 7. The van der Waals surface area contributed by atoms with Crippen LogP contribution >= 0.6 is 0 Å². The summed E-state index contributed by atoms with van der Waals surface area (Å²) in [6.45, 7) is 0. The molecule has 0 saturated carbocycles. The van der Waals surface area contributed by atoms with E-state index in [1.165, 1.54) is 4.80 Å². The van der Waals surface area contributed by atoms with Crippen LogP contribution in [0.15, 0.2) is 18.2 Å². The van der Waals surface area contributed by atoms with Crippen molar-refractivity contribution in [1.29, 1.82) is 0 Å². The van der Waals surface area contributed by atoms with Crippen molar-refractivity contribution in [2.24, 2.45) is 7.05 Å². The average molecular weight is 291 g/mol. The largest absolute Gasteiger partial charge is 0.493 e. The Hall–Kier alpha value is -2.15. The Bertz CT molecular complexity index is 584. The van der Waals surface area contributed by atoms with E-state index in [0.717, 1.165) is 35.7 Å². The summed E-state index contributed by atoms with van der Waals surface area (Å²) in [5.41, 5.74) is 1.16. The number of ether oxygens (including phenoxy) is 2. The summed E-state index contributed by atoms with van der Waals surface area (Å²) in [6, 6.07) is 6.18. The van der Waals surface area contributed by atoms with Crippen LogP contribution in [0.25, 0.3) is 0 Å². The molecule has 0 spiro atoms. The molecule has 0 radical (unpaired) electrons. The van der Waals surface area contributed by atoms with Crippen LogP contribution in [0.3, 0.4) is 0 Å². The fourth-order valence-electron chi connectivity index (χ4n) is 2.19. The van der Waals surface area contributed by atoms with Crippen LogP contribution in [0.2, 0.25) is 0 Å². The monoisotopic (exact) mass is 291 g/mol. The molecule has 114 valence electrons. The first-order valence-corrected chi connectivity index (χ1v) is 6.77. The van der Waals surface area contributed by atoms with Gasteiger partial charge in [0.1, 0.15) is 0 Å². The molecule has 7 heteroatoms. The Balaban J connectivity index is 2.07. The first kappa shape index (κ1) is 15.2. The lowest BCUT2D eigenvalue weighted by Gasteiger charge is -2.15. The van der Waals surface area contributed by atoms with Gasteiger partial charge in [-0.05, 0) is 36.4 Å². The van der Waals surface area contributed by atoms with Gasteiger partial charge in [0.25, 0.3) is 0 Å². The summed E-state index contributed by atoms with van der Waals surface area (Å²) in [5, 5.41) is 15.4. The highest BCUT2D eigenvalue weighted by Crippen LogP contribution is 2.28. The minimum Gasteiger partial charge on any atom is -0.493 e. The van der Waals surface area contributed by atoms with Gasteiger partial charge in [-0.3, -0.25) is 0 Å². The number of tetrazole rings is 1. The number of likely N-dealkylation sites (N-methyl/N-ethyl adjacent to an activating group) is 1. The summed E-state index contributed by atoms with van der Waals surface area (Å²) in [4.78, 5) is 1.47. The van der Waals surface area contributed by atoms with Gasteiger partial charge in [-0.15, -0.1) is 10.2 Å². The third kappa shape index (κ3) is 3.91. The molecule has 1 unspecified atom stereocenters.